The van der Waals surface area contributed by atoms with Crippen LogP contribution in [0.4, 0.5) is 0 Å². The number of carbonyl (C=O) groups is 1. The lowest BCUT2D eigenvalue weighted by molar-refractivity contribution is -0.114. The van der Waals surface area contributed by atoms with Crippen LogP contribution in [0.15, 0.2) is 30.3 Å². The Morgan fingerprint density at radius 2 is 2.06 bits per heavy atom. The second-order valence-corrected chi connectivity index (χ2v) is 4.00. The minimum absolute atomic E-state index is 0.185. The molecule has 0 saturated heterocycles. The van der Waals surface area contributed by atoms with Gasteiger partial charge in [0.2, 0.25) is 0 Å². The normalized spacial score (nSPS) is 10.7. The van der Waals surface area contributed by atoms with Crippen LogP contribution in [0.1, 0.15) is 38.2 Å². The predicted molar refractivity (Wildman–Crippen MR) is 71.2 cm³/mol. The zero-order chi connectivity index (χ0) is 12.5. The largest absolute Gasteiger partial charge is 0.496 e. The molecule has 0 atom stereocenters. The lowest BCUT2D eigenvalue weighted by Gasteiger charge is -2.03. The number of methoxy groups -OCH3 is 1. The van der Waals surface area contributed by atoms with E-state index in [9.17, 15) is 4.79 Å². The lowest BCUT2D eigenvalue weighted by Crippen LogP contribution is -1.92. The van der Waals surface area contributed by atoms with Gasteiger partial charge in [0.25, 0.3) is 0 Å². The van der Waals surface area contributed by atoms with E-state index in [0.717, 1.165) is 30.6 Å². The standard InChI is InChI=1S/C15H20O2/c1-3-4-5-9-14(16)12-11-13-8-6-7-10-15(13)17-2/h6-8,10-12H,3-5,9H2,1-2H3/b12-11+. The van der Waals surface area contributed by atoms with Crippen LogP contribution in [0, 0.1) is 0 Å². The molecule has 0 N–H and O–H groups in total. The summed E-state index contributed by atoms with van der Waals surface area (Å²) in [6.45, 7) is 2.13. The maximum absolute atomic E-state index is 11.6. The van der Waals surface area contributed by atoms with Gasteiger partial charge in [-0.15, -0.1) is 0 Å². The van der Waals surface area contributed by atoms with E-state index in [2.05, 4.69) is 6.92 Å². The third kappa shape index (κ3) is 4.85. The quantitative estimate of drug-likeness (QED) is 0.527. The second-order valence-electron chi connectivity index (χ2n) is 4.00. The highest BCUT2D eigenvalue weighted by molar-refractivity contribution is 5.93. The van der Waals surface area contributed by atoms with Gasteiger partial charge in [0.15, 0.2) is 5.78 Å². The number of unbranched alkanes of at least 4 members (excludes halogenated alkanes) is 2. The molecule has 0 bridgehead atoms. The third-order valence-corrected chi connectivity index (χ3v) is 2.61. The Labute approximate surface area is 103 Å². The summed E-state index contributed by atoms with van der Waals surface area (Å²) >= 11 is 0. The summed E-state index contributed by atoms with van der Waals surface area (Å²) in [5, 5.41) is 0. The fourth-order valence-corrected chi connectivity index (χ4v) is 1.62. The smallest absolute Gasteiger partial charge is 0.155 e. The molecule has 2 nitrogen and oxygen atoms in total. The summed E-state index contributed by atoms with van der Waals surface area (Å²) in [6.07, 6.45) is 7.35. The molecule has 0 radical (unpaired) electrons. The average Bonchev–Trinajstić information content (AvgIpc) is 2.37. The first-order valence-corrected chi connectivity index (χ1v) is 6.12. The second kappa shape index (κ2) is 7.66. The van der Waals surface area contributed by atoms with E-state index in [1.54, 1.807) is 13.2 Å². The van der Waals surface area contributed by atoms with Gasteiger partial charge in [-0.2, -0.15) is 0 Å². The van der Waals surface area contributed by atoms with E-state index in [1.807, 2.05) is 30.3 Å². The van der Waals surface area contributed by atoms with E-state index in [-0.39, 0.29) is 5.78 Å². The zero-order valence-corrected chi connectivity index (χ0v) is 10.6. The Kier molecular flexibility index (Phi) is 6.08. The van der Waals surface area contributed by atoms with Crippen molar-refractivity contribution in [3.8, 4) is 5.75 Å². The number of hydrogen-bond donors (Lipinski definition) is 0. The number of ether oxygens (including phenoxy) is 1. The van der Waals surface area contributed by atoms with Crippen LogP contribution >= 0.6 is 0 Å². The van der Waals surface area contributed by atoms with Gasteiger partial charge in [0, 0.05) is 12.0 Å². The Hall–Kier alpha value is -1.57. The van der Waals surface area contributed by atoms with Crippen LogP contribution in [-0.4, -0.2) is 12.9 Å². The molecule has 0 saturated carbocycles. The third-order valence-electron chi connectivity index (χ3n) is 2.61. The number of carbonyl (C=O) groups excluding carboxylic acids is 1. The molecule has 0 aromatic heterocycles. The van der Waals surface area contributed by atoms with E-state index in [4.69, 9.17) is 4.74 Å². The van der Waals surface area contributed by atoms with Gasteiger partial charge in [-0.3, -0.25) is 4.79 Å². The fourth-order valence-electron chi connectivity index (χ4n) is 1.62. The summed E-state index contributed by atoms with van der Waals surface area (Å²) in [5.41, 5.74) is 0.943. The van der Waals surface area contributed by atoms with E-state index in [0.29, 0.717) is 6.42 Å². The van der Waals surface area contributed by atoms with Crippen molar-refractivity contribution in [1.29, 1.82) is 0 Å². The molecule has 0 spiro atoms. The number of benzene rings is 1. The van der Waals surface area contributed by atoms with Crippen LogP contribution in [0.3, 0.4) is 0 Å². The maximum atomic E-state index is 11.6. The van der Waals surface area contributed by atoms with Crippen molar-refractivity contribution in [2.45, 2.75) is 32.6 Å². The SMILES string of the molecule is CCCCCC(=O)/C=C/c1ccccc1OC. The van der Waals surface area contributed by atoms with Gasteiger partial charge in [-0.25, -0.2) is 0 Å². The van der Waals surface area contributed by atoms with Crippen LogP contribution in [0.25, 0.3) is 6.08 Å². The topological polar surface area (TPSA) is 26.3 Å². The van der Waals surface area contributed by atoms with Crippen molar-refractivity contribution in [2.24, 2.45) is 0 Å². The predicted octanol–water partition coefficient (Wildman–Crippen LogP) is 3.86. The summed E-state index contributed by atoms with van der Waals surface area (Å²) in [4.78, 5) is 11.6. The van der Waals surface area contributed by atoms with E-state index in [1.165, 1.54) is 0 Å². The molecule has 1 rings (SSSR count). The van der Waals surface area contributed by atoms with E-state index >= 15 is 0 Å². The first-order valence-electron chi connectivity index (χ1n) is 6.12. The van der Waals surface area contributed by atoms with Crippen molar-refractivity contribution in [3.63, 3.8) is 0 Å². The molecular weight excluding hydrogens is 212 g/mol. The Morgan fingerprint density at radius 3 is 2.76 bits per heavy atom. The number of hydrogen-bond acceptors (Lipinski definition) is 2. The Balaban J connectivity index is 2.54. The van der Waals surface area contributed by atoms with Crippen LogP contribution in [0.5, 0.6) is 5.75 Å². The van der Waals surface area contributed by atoms with E-state index < -0.39 is 0 Å². The lowest BCUT2D eigenvalue weighted by atomic mass is 10.1. The molecule has 0 unspecified atom stereocenters. The van der Waals surface area contributed by atoms with Crippen LogP contribution in [0.2, 0.25) is 0 Å². The number of allylic oxidation sites excluding steroid dienone is 1. The van der Waals surface area contributed by atoms with Crippen molar-refractivity contribution < 1.29 is 9.53 Å². The summed E-state index contributed by atoms with van der Waals surface area (Å²) in [6, 6.07) is 7.68. The molecule has 0 aliphatic rings. The molecule has 17 heavy (non-hydrogen) atoms. The first kappa shape index (κ1) is 13.5. The first-order chi connectivity index (χ1) is 8.27. The molecule has 92 valence electrons. The summed E-state index contributed by atoms with van der Waals surface area (Å²) in [5.74, 6) is 0.981. The summed E-state index contributed by atoms with van der Waals surface area (Å²) in [7, 11) is 1.63. The number of rotatable bonds is 7. The fraction of sp³-hybridized carbons (Fsp3) is 0.400. The minimum Gasteiger partial charge on any atom is -0.496 e. The highest BCUT2D eigenvalue weighted by atomic mass is 16.5. The maximum Gasteiger partial charge on any atom is 0.155 e. The van der Waals surface area contributed by atoms with Gasteiger partial charge in [0.1, 0.15) is 5.75 Å². The zero-order valence-electron chi connectivity index (χ0n) is 10.6. The van der Waals surface area contributed by atoms with Crippen LogP contribution in [-0.2, 0) is 4.79 Å². The molecule has 1 aromatic rings. The van der Waals surface area contributed by atoms with Gasteiger partial charge < -0.3 is 4.74 Å². The Bertz CT molecular complexity index is 380. The summed E-state index contributed by atoms with van der Waals surface area (Å²) < 4.78 is 5.21. The van der Waals surface area contributed by atoms with Gasteiger partial charge in [-0.05, 0) is 24.6 Å². The molecule has 0 aliphatic carbocycles. The van der Waals surface area contributed by atoms with Crippen molar-refractivity contribution in [3.05, 3.63) is 35.9 Å². The van der Waals surface area contributed by atoms with Crippen molar-refractivity contribution >= 4 is 11.9 Å². The molecule has 0 aliphatic heterocycles. The van der Waals surface area contributed by atoms with Crippen molar-refractivity contribution in [2.75, 3.05) is 7.11 Å². The van der Waals surface area contributed by atoms with Gasteiger partial charge in [0.05, 0.1) is 7.11 Å². The molecule has 2 heteroatoms. The molecule has 0 amide bonds. The Morgan fingerprint density at radius 1 is 1.29 bits per heavy atom. The monoisotopic (exact) mass is 232 g/mol. The molecular formula is C15H20O2. The average molecular weight is 232 g/mol. The number of ketones is 1. The molecule has 0 fully saturated rings. The number of para-hydroxylation sites is 1. The van der Waals surface area contributed by atoms with Crippen molar-refractivity contribution in [1.82, 2.24) is 0 Å². The van der Waals surface area contributed by atoms with Gasteiger partial charge >= 0.3 is 0 Å². The van der Waals surface area contributed by atoms with Crippen LogP contribution < -0.4 is 4.74 Å². The minimum atomic E-state index is 0.185. The molecule has 1 aromatic carbocycles. The molecule has 0 heterocycles. The van der Waals surface area contributed by atoms with Gasteiger partial charge in [-0.1, -0.05) is 38.0 Å². The highest BCUT2D eigenvalue weighted by Crippen LogP contribution is 2.18. The highest BCUT2D eigenvalue weighted by Gasteiger charge is 1.99.